The fraction of sp³-hybridized carbons (Fsp3) is 0.722. The fourth-order valence-electron chi connectivity index (χ4n) is 3.73. The molecule has 25 heavy (non-hydrogen) atoms. The SMILES string of the molecule is COC[C@@H](C)NC(=O)C1CCN(c2nc(C)nc3c2CCNC3)CC1. The number of carbonyl (C=O) groups excluding carboxylic acids is 1. The molecule has 1 amide bonds. The molecule has 1 saturated heterocycles. The van der Waals surface area contributed by atoms with Gasteiger partial charge in [0.2, 0.25) is 5.91 Å². The maximum atomic E-state index is 12.4. The second-order valence-corrected chi connectivity index (χ2v) is 7.07. The summed E-state index contributed by atoms with van der Waals surface area (Å²) in [6.07, 6.45) is 2.70. The van der Waals surface area contributed by atoms with Crippen molar-refractivity contribution in [1.82, 2.24) is 20.6 Å². The van der Waals surface area contributed by atoms with Gasteiger partial charge in [-0.1, -0.05) is 0 Å². The summed E-state index contributed by atoms with van der Waals surface area (Å²) < 4.78 is 5.09. The molecular weight excluding hydrogens is 318 g/mol. The first-order valence-electron chi connectivity index (χ1n) is 9.20. The highest BCUT2D eigenvalue weighted by Crippen LogP contribution is 2.28. The van der Waals surface area contributed by atoms with Crippen LogP contribution >= 0.6 is 0 Å². The molecule has 0 saturated carbocycles. The van der Waals surface area contributed by atoms with Gasteiger partial charge in [-0.15, -0.1) is 0 Å². The number of piperidine rings is 1. The smallest absolute Gasteiger partial charge is 0.223 e. The molecule has 7 heteroatoms. The highest BCUT2D eigenvalue weighted by molar-refractivity contribution is 5.79. The third-order valence-electron chi connectivity index (χ3n) is 5.00. The molecule has 138 valence electrons. The van der Waals surface area contributed by atoms with E-state index in [1.165, 1.54) is 5.56 Å². The van der Waals surface area contributed by atoms with Crippen molar-refractivity contribution in [2.45, 2.75) is 45.7 Å². The number of methoxy groups -OCH3 is 1. The quantitative estimate of drug-likeness (QED) is 0.820. The van der Waals surface area contributed by atoms with Gasteiger partial charge < -0.3 is 20.3 Å². The number of rotatable bonds is 5. The normalized spacial score (nSPS) is 19.4. The van der Waals surface area contributed by atoms with Crippen LogP contribution in [0, 0.1) is 12.8 Å². The Morgan fingerprint density at radius 1 is 1.40 bits per heavy atom. The van der Waals surface area contributed by atoms with Crippen LogP contribution in [0.3, 0.4) is 0 Å². The van der Waals surface area contributed by atoms with Crippen LogP contribution in [0.1, 0.15) is 36.8 Å². The van der Waals surface area contributed by atoms with Crippen molar-refractivity contribution >= 4 is 11.7 Å². The maximum Gasteiger partial charge on any atom is 0.223 e. The lowest BCUT2D eigenvalue weighted by Gasteiger charge is -2.34. The number of hydrogen-bond donors (Lipinski definition) is 2. The van der Waals surface area contributed by atoms with E-state index in [9.17, 15) is 4.79 Å². The predicted molar refractivity (Wildman–Crippen MR) is 96.6 cm³/mol. The molecule has 0 spiro atoms. The number of amides is 1. The summed E-state index contributed by atoms with van der Waals surface area (Å²) in [4.78, 5) is 24.0. The number of carbonyl (C=O) groups is 1. The minimum absolute atomic E-state index is 0.0552. The van der Waals surface area contributed by atoms with Crippen LogP contribution < -0.4 is 15.5 Å². The third kappa shape index (κ3) is 4.27. The molecule has 1 aromatic heterocycles. The Morgan fingerprint density at radius 2 is 2.16 bits per heavy atom. The summed E-state index contributed by atoms with van der Waals surface area (Å²) in [5.74, 6) is 2.13. The van der Waals surface area contributed by atoms with Crippen LogP contribution in [0.5, 0.6) is 0 Å². The molecule has 0 unspecified atom stereocenters. The second kappa shape index (κ2) is 8.10. The van der Waals surface area contributed by atoms with Crippen molar-refractivity contribution in [3.05, 3.63) is 17.1 Å². The Balaban J connectivity index is 1.63. The standard InChI is InChI=1S/C18H29N5O2/c1-12(11-25-3)20-18(24)14-5-8-23(9-6-14)17-15-4-7-19-10-16(15)21-13(2)22-17/h12,14,19H,4-11H2,1-3H3,(H,20,24)/t12-/m1/s1. The van der Waals surface area contributed by atoms with Crippen molar-refractivity contribution in [2.75, 3.05) is 38.3 Å². The van der Waals surface area contributed by atoms with Crippen LogP contribution in [0.25, 0.3) is 0 Å². The average molecular weight is 347 g/mol. The molecule has 2 aliphatic rings. The Bertz CT molecular complexity index is 614. The van der Waals surface area contributed by atoms with Gasteiger partial charge >= 0.3 is 0 Å². The molecule has 3 heterocycles. The zero-order chi connectivity index (χ0) is 17.8. The van der Waals surface area contributed by atoms with Crippen molar-refractivity contribution in [3.63, 3.8) is 0 Å². The number of hydrogen-bond acceptors (Lipinski definition) is 6. The molecule has 7 nitrogen and oxygen atoms in total. The third-order valence-corrected chi connectivity index (χ3v) is 5.00. The average Bonchev–Trinajstić information content (AvgIpc) is 2.61. The predicted octanol–water partition coefficient (Wildman–Crippen LogP) is 0.798. The number of nitrogens with one attached hydrogen (secondary N) is 2. The maximum absolute atomic E-state index is 12.4. The molecule has 0 radical (unpaired) electrons. The fourth-order valence-corrected chi connectivity index (χ4v) is 3.73. The van der Waals surface area contributed by atoms with Crippen LogP contribution in [-0.4, -0.2) is 55.3 Å². The van der Waals surface area contributed by atoms with Crippen LogP contribution in [0.15, 0.2) is 0 Å². The summed E-state index contributed by atoms with van der Waals surface area (Å²) in [6, 6.07) is 0.0552. The zero-order valence-electron chi connectivity index (χ0n) is 15.5. The lowest BCUT2D eigenvalue weighted by molar-refractivity contribution is -0.126. The second-order valence-electron chi connectivity index (χ2n) is 7.07. The number of fused-ring (bicyclic) bond motifs is 1. The van der Waals surface area contributed by atoms with Gasteiger partial charge in [-0.25, -0.2) is 9.97 Å². The van der Waals surface area contributed by atoms with Crippen LogP contribution in [-0.2, 0) is 22.5 Å². The number of aromatic nitrogens is 2. The first-order valence-corrected chi connectivity index (χ1v) is 9.20. The highest BCUT2D eigenvalue weighted by Gasteiger charge is 2.28. The van der Waals surface area contributed by atoms with Gasteiger partial charge in [-0.3, -0.25) is 4.79 Å². The number of anilines is 1. The number of aryl methyl sites for hydroxylation is 1. The summed E-state index contributed by atoms with van der Waals surface area (Å²) in [5, 5.41) is 6.42. The molecule has 0 bridgehead atoms. The molecule has 1 atom stereocenters. The van der Waals surface area contributed by atoms with Gasteiger partial charge in [0, 0.05) is 44.3 Å². The zero-order valence-corrected chi connectivity index (χ0v) is 15.5. The van der Waals surface area contributed by atoms with Gasteiger partial charge in [-0.05, 0) is 39.7 Å². The van der Waals surface area contributed by atoms with Gasteiger partial charge in [-0.2, -0.15) is 0 Å². The topological polar surface area (TPSA) is 79.4 Å². The summed E-state index contributed by atoms with van der Waals surface area (Å²) in [6.45, 7) is 8.01. The van der Waals surface area contributed by atoms with Crippen molar-refractivity contribution in [3.8, 4) is 0 Å². The molecule has 1 aromatic rings. The van der Waals surface area contributed by atoms with E-state index in [2.05, 4.69) is 20.5 Å². The largest absolute Gasteiger partial charge is 0.383 e. The molecular formula is C18H29N5O2. The molecule has 0 aliphatic carbocycles. The Morgan fingerprint density at radius 3 is 2.88 bits per heavy atom. The lowest BCUT2D eigenvalue weighted by Crippen LogP contribution is -2.45. The van der Waals surface area contributed by atoms with E-state index in [4.69, 9.17) is 9.72 Å². The van der Waals surface area contributed by atoms with E-state index in [0.29, 0.717) is 6.61 Å². The van der Waals surface area contributed by atoms with Gasteiger partial charge in [0.25, 0.3) is 0 Å². The Kier molecular flexibility index (Phi) is 5.86. The van der Waals surface area contributed by atoms with E-state index in [1.54, 1.807) is 7.11 Å². The molecule has 2 aliphatic heterocycles. The molecule has 1 fully saturated rings. The number of nitrogens with zero attached hydrogens (tertiary/aromatic N) is 3. The van der Waals surface area contributed by atoms with E-state index in [-0.39, 0.29) is 17.9 Å². The molecule has 3 rings (SSSR count). The Hall–Kier alpha value is -1.73. The minimum Gasteiger partial charge on any atom is -0.383 e. The van der Waals surface area contributed by atoms with E-state index < -0.39 is 0 Å². The minimum atomic E-state index is 0.0552. The van der Waals surface area contributed by atoms with Gasteiger partial charge in [0.15, 0.2) is 0 Å². The first kappa shape index (κ1) is 18.1. The molecule has 2 N–H and O–H groups in total. The van der Waals surface area contributed by atoms with E-state index >= 15 is 0 Å². The lowest BCUT2D eigenvalue weighted by atomic mass is 9.95. The van der Waals surface area contributed by atoms with Crippen molar-refractivity contribution in [1.29, 1.82) is 0 Å². The first-order chi connectivity index (χ1) is 12.1. The summed E-state index contributed by atoms with van der Waals surface area (Å²) in [5.41, 5.74) is 2.41. The molecule has 0 aromatic carbocycles. The highest BCUT2D eigenvalue weighted by atomic mass is 16.5. The summed E-state index contributed by atoms with van der Waals surface area (Å²) in [7, 11) is 1.65. The summed E-state index contributed by atoms with van der Waals surface area (Å²) >= 11 is 0. The van der Waals surface area contributed by atoms with Crippen molar-refractivity contribution < 1.29 is 9.53 Å². The number of ether oxygens (including phenoxy) is 1. The van der Waals surface area contributed by atoms with Crippen LogP contribution in [0.4, 0.5) is 5.82 Å². The van der Waals surface area contributed by atoms with Crippen molar-refractivity contribution in [2.24, 2.45) is 5.92 Å². The van der Waals surface area contributed by atoms with E-state index in [0.717, 1.165) is 62.8 Å². The monoisotopic (exact) mass is 347 g/mol. The van der Waals surface area contributed by atoms with E-state index in [1.807, 2.05) is 13.8 Å². The Labute approximate surface area is 149 Å². The van der Waals surface area contributed by atoms with Crippen LogP contribution in [0.2, 0.25) is 0 Å². The van der Waals surface area contributed by atoms with Gasteiger partial charge in [0.05, 0.1) is 12.3 Å². The van der Waals surface area contributed by atoms with Gasteiger partial charge in [0.1, 0.15) is 11.6 Å².